The summed E-state index contributed by atoms with van der Waals surface area (Å²) in [7, 11) is 0. The van der Waals surface area contributed by atoms with E-state index in [1.165, 1.54) is 38.5 Å². The molecule has 0 fully saturated rings. The second-order valence-electron chi connectivity index (χ2n) is 4.22. The molecule has 16 heavy (non-hydrogen) atoms. The first-order valence-corrected chi connectivity index (χ1v) is 7.29. The molecule has 0 aliphatic rings. The summed E-state index contributed by atoms with van der Waals surface area (Å²) in [6.07, 6.45) is 8.11. The fraction of sp³-hybridized carbons (Fsp3) is 0.769. The van der Waals surface area contributed by atoms with Crippen molar-refractivity contribution in [1.82, 2.24) is 4.98 Å². The minimum absolute atomic E-state index is 0.781. The van der Waals surface area contributed by atoms with Crippen LogP contribution in [0.3, 0.4) is 0 Å². The SMILES string of the molecule is CCCCCCCCSc1oc(C)nc1C. The first kappa shape index (κ1) is 13.6. The van der Waals surface area contributed by atoms with Crippen molar-refractivity contribution >= 4 is 11.8 Å². The van der Waals surface area contributed by atoms with E-state index >= 15 is 0 Å². The number of aromatic nitrogens is 1. The molecule has 0 saturated heterocycles. The Morgan fingerprint density at radius 2 is 1.75 bits per heavy atom. The van der Waals surface area contributed by atoms with E-state index < -0.39 is 0 Å². The Morgan fingerprint density at radius 1 is 1.06 bits per heavy atom. The maximum absolute atomic E-state index is 5.51. The van der Waals surface area contributed by atoms with Gasteiger partial charge in [-0.3, -0.25) is 0 Å². The van der Waals surface area contributed by atoms with Gasteiger partial charge in [0, 0.05) is 12.7 Å². The highest BCUT2D eigenvalue weighted by Gasteiger charge is 2.06. The molecule has 0 bridgehead atoms. The lowest BCUT2D eigenvalue weighted by Gasteiger charge is -2.00. The number of hydrogen-bond donors (Lipinski definition) is 0. The molecule has 0 atom stereocenters. The average Bonchev–Trinajstić information content (AvgIpc) is 2.56. The Labute approximate surface area is 103 Å². The molecular weight excluding hydrogens is 218 g/mol. The normalized spacial score (nSPS) is 10.9. The van der Waals surface area contributed by atoms with Gasteiger partial charge in [-0.05, 0) is 13.3 Å². The average molecular weight is 241 g/mol. The Balaban J connectivity index is 2.05. The van der Waals surface area contributed by atoms with Gasteiger partial charge in [-0.25, -0.2) is 4.98 Å². The van der Waals surface area contributed by atoms with Crippen LogP contribution >= 0.6 is 11.8 Å². The number of rotatable bonds is 8. The van der Waals surface area contributed by atoms with Crippen molar-refractivity contribution in [1.29, 1.82) is 0 Å². The number of oxazole rings is 1. The van der Waals surface area contributed by atoms with Crippen molar-refractivity contribution < 1.29 is 4.42 Å². The predicted molar refractivity (Wildman–Crippen MR) is 70.1 cm³/mol. The third-order valence-corrected chi connectivity index (χ3v) is 3.73. The maximum atomic E-state index is 5.51. The van der Waals surface area contributed by atoms with Crippen LogP contribution in [0.15, 0.2) is 9.51 Å². The summed E-state index contributed by atoms with van der Waals surface area (Å²) in [4.78, 5) is 4.26. The minimum Gasteiger partial charge on any atom is -0.435 e. The molecule has 0 saturated carbocycles. The third kappa shape index (κ3) is 5.06. The van der Waals surface area contributed by atoms with Crippen molar-refractivity contribution in [3.8, 4) is 0 Å². The summed E-state index contributed by atoms with van der Waals surface area (Å²) in [6, 6.07) is 0. The van der Waals surface area contributed by atoms with E-state index in [1.54, 1.807) is 11.8 Å². The fourth-order valence-electron chi connectivity index (χ4n) is 1.69. The van der Waals surface area contributed by atoms with Crippen LogP contribution in [0.1, 0.15) is 57.0 Å². The Hall–Kier alpha value is -0.440. The van der Waals surface area contributed by atoms with Crippen LogP contribution in [0.25, 0.3) is 0 Å². The van der Waals surface area contributed by atoms with E-state index in [-0.39, 0.29) is 0 Å². The van der Waals surface area contributed by atoms with Gasteiger partial charge < -0.3 is 4.42 Å². The quantitative estimate of drug-likeness (QED) is 0.485. The van der Waals surface area contributed by atoms with Crippen LogP contribution in [-0.4, -0.2) is 10.7 Å². The number of unbranched alkanes of at least 4 members (excludes halogenated alkanes) is 5. The van der Waals surface area contributed by atoms with Gasteiger partial charge in [0.1, 0.15) is 0 Å². The molecule has 92 valence electrons. The van der Waals surface area contributed by atoms with E-state index in [1.807, 2.05) is 13.8 Å². The van der Waals surface area contributed by atoms with E-state index in [9.17, 15) is 0 Å². The summed E-state index contributed by atoms with van der Waals surface area (Å²) in [6.45, 7) is 6.17. The van der Waals surface area contributed by atoms with Gasteiger partial charge in [-0.15, -0.1) is 0 Å². The zero-order chi connectivity index (χ0) is 11.8. The molecule has 0 aliphatic heterocycles. The molecular formula is C13H23NOS. The van der Waals surface area contributed by atoms with Crippen molar-refractivity contribution in [2.75, 3.05) is 5.75 Å². The molecule has 1 heterocycles. The summed E-state index contributed by atoms with van der Waals surface area (Å²) in [5.74, 6) is 1.93. The van der Waals surface area contributed by atoms with Gasteiger partial charge in [-0.2, -0.15) is 0 Å². The summed E-state index contributed by atoms with van der Waals surface area (Å²) in [5, 5.41) is 1.01. The first-order chi connectivity index (χ1) is 7.74. The van der Waals surface area contributed by atoms with Crippen LogP contribution in [0, 0.1) is 13.8 Å². The van der Waals surface area contributed by atoms with Crippen molar-refractivity contribution in [2.45, 2.75) is 64.4 Å². The van der Waals surface area contributed by atoms with Crippen molar-refractivity contribution in [3.05, 3.63) is 11.6 Å². The highest BCUT2D eigenvalue weighted by molar-refractivity contribution is 7.99. The molecule has 0 aliphatic carbocycles. The summed E-state index contributed by atoms with van der Waals surface area (Å²) in [5.41, 5.74) is 1.04. The molecule has 0 radical (unpaired) electrons. The van der Waals surface area contributed by atoms with E-state index in [4.69, 9.17) is 4.42 Å². The lowest BCUT2D eigenvalue weighted by atomic mass is 10.1. The number of nitrogens with zero attached hydrogens (tertiary/aromatic N) is 1. The number of aryl methyl sites for hydroxylation is 2. The lowest BCUT2D eigenvalue weighted by molar-refractivity contribution is 0.439. The zero-order valence-electron chi connectivity index (χ0n) is 10.7. The van der Waals surface area contributed by atoms with Crippen LogP contribution in [-0.2, 0) is 0 Å². The standard InChI is InChI=1S/C13H23NOS/c1-4-5-6-7-8-9-10-16-13-11(2)14-12(3)15-13/h4-10H2,1-3H3. The maximum Gasteiger partial charge on any atom is 0.192 e. The molecule has 2 nitrogen and oxygen atoms in total. The lowest BCUT2D eigenvalue weighted by Crippen LogP contribution is -1.83. The molecule has 0 unspecified atom stereocenters. The molecule has 0 N–H and O–H groups in total. The van der Waals surface area contributed by atoms with Gasteiger partial charge in [0.2, 0.25) is 0 Å². The Bertz CT molecular complexity index is 296. The molecule has 1 aromatic heterocycles. The van der Waals surface area contributed by atoms with E-state index in [2.05, 4.69) is 11.9 Å². The van der Waals surface area contributed by atoms with Gasteiger partial charge in [0.25, 0.3) is 0 Å². The summed E-state index contributed by atoms with van der Waals surface area (Å²) < 4.78 is 5.51. The van der Waals surface area contributed by atoms with Crippen LogP contribution in [0.5, 0.6) is 0 Å². The molecule has 3 heteroatoms. The molecule has 1 rings (SSSR count). The second kappa shape index (κ2) is 7.77. The van der Waals surface area contributed by atoms with Crippen molar-refractivity contribution in [2.24, 2.45) is 0 Å². The number of thioether (sulfide) groups is 1. The molecule has 1 aromatic rings. The van der Waals surface area contributed by atoms with Crippen LogP contribution in [0.4, 0.5) is 0 Å². The second-order valence-corrected chi connectivity index (χ2v) is 5.29. The van der Waals surface area contributed by atoms with Crippen LogP contribution in [0.2, 0.25) is 0 Å². The van der Waals surface area contributed by atoms with Crippen LogP contribution < -0.4 is 0 Å². The highest BCUT2D eigenvalue weighted by atomic mass is 32.2. The van der Waals surface area contributed by atoms with Gasteiger partial charge in [0.15, 0.2) is 11.0 Å². The summed E-state index contributed by atoms with van der Waals surface area (Å²) >= 11 is 1.80. The Morgan fingerprint density at radius 3 is 2.38 bits per heavy atom. The first-order valence-electron chi connectivity index (χ1n) is 6.31. The third-order valence-electron chi connectivity index (χ3n) is 2.59. The monoisotopic (exact) mass is 241 g/mol. The fourth-order valence-corrected chi connectivity index (χ4v) is 2.66. The smallest absolute Gasteiger partial charge is 0.192 e. The van der Waals surface area contributed by atoms with E-state index in [0.717, 1.165) is 22.4 Å². The van der Waals surface area contributed by atoms with Gasteiger partial charge >= 0.3 is 0 Å². The van der Waals surface area contributed by atoms with E-state index in [0.29, 0.717) is 0 Å². The zero-order valence-corrected chi connectivity index (χ0v) is 11.5. The largest absolute Gasteiger partial charge is 0.435 e. The molecule has 0 amide bonds. The van der Waals surface area contributed by atoms with Gasteiger partial charge in [-0.1, -0.05) is 50.8 Å². The highest BCUT2D eigenvalue weighted by Crippen LogP contribution is 2.24. The topological polar surface area (TPSA) is 26.0 Å². The molecule has 0 spiro atoms. The van der Waals surface area contributed by atoms with Gasteiger partial charge in [0.05, 0.1) is 5.69 Å². The van der Waals surface area contributed by atoms with Crippen molar-refractivity contribution in [3.63, 3.8) is 0 Å². The number of hydrogen-bond acceptors (Lipinski definition) is 3. The predicted octanol–water partition coefficient (Wildman–Crippen LogP) is 4.74. The minimum atomic E-state index is 0.781. The molecule has 0 aromatic carbocycles. The Kier molecular flexibility index (Phi) is 6.62.